The number of nitrogens with one attached hydrogen (secondary N) is 2. The van der Waals surface area contributed by atoms with Crippen molar-refractivity contribution in [1.29, 1.82) is 0 Å². The number of hydrogen-bond donors (Lipinski definition) is 2. The van der Waals surface area contributed by atoms with Crippen LogP contribution in [-0.4, -0.2) is 60.2 Å². The van der Waals surface area contributed by atoms with Crippen LogP contribution in [0.5, 0.6) is 0 Å². The van der Waals surface area contributed by atoms with Gasteiger partial charge in [-0.3, -0.25) is 14.4 Å². The summed E-state index contributed by atoms with van der Waals surface area (Å²) in [7, 11) is 0. The number of ether oxygens (including phenoxy) is 1. The van der Waals surface area contributed by atoms with Gasteiger partial charge in [0, 0.05) is 24.3 Å². The second kappa shape index (κ2) is 7.81. The molecule has 4 bridgehead atoms. The van der Waals surface area contributed by atoms with E-state index in [0.717, 1.165) is 37.0 Å². The van der Waals surface area contributed by atoms with Gasteiger partial charge in [0.15, 0.2) is 0 Å². The standard InChI is InChI=1S/C20H30N4O4/c1-13(22-23-18(26)19(27)24-2-4-28-5-3-24)6-17(25)21-20-10-14-7-15(11-20)9-16(8-14)12-20/h14-16H,2-12H2,1H3,(H,21,25)(H,23,26)/b22-13+. The third-order valence-electron chi connectivity index (χ3n) is 6.70. The van der Waals surface area contributed by atoms with Crippen LogP contribution in [0.3, 0.4) is 0 Å². The second-order valence-electron chi connectivity index (χ2n) is 9.12. The minimum atomic E-state index is -0.775. The third kappa shape index (κ3) is 4.21. The Labute approximate surface area is 165 Å². The fourth-order valence-corrected chi connectivity index (χ4v) is 5.98. The topological polar surface area (TPSA) is 100 Å². The number of carbonyl (C=O) groups excluding carboxylic acids is 3. The first kappa shape index (κ1) is 19.4. The molecule has 0 spiro atoms. The molecule has 4 saturated carbocycles. The number of carbonyl (C=O) groups is 3. The summed E-state index contributed by atoms with van der Waals surface area (Å²) in [6, 6.07) is 0. The summed E-state index contributed by atoms with van der Waals surface area (Å²) in [5.74, 6) is 0.878. The lowest BCUT2D eigenvalue weighted by atomic mass is 9.53. The Hall–Kier alpha value is -1.96. The van der Waals surface area contributed by atoms with Crippen molar-refractivity contribution in [1.82, 2.24) is 15.6 Å². The highest BCUT2D eigenvalue weighted by Gasteiger charge is 2.51. The molecule has 1 aliphatic heterocycles. The molecule has 0 aromatic heterocycles. The zero-order chi connectivity index (χ0) is 19.7. The van der Waals surface area contributed by atoms with Crippen molar-refractivity contribution in [2.45, 2.75) is 57.4 Å². The van der Waals surface area contributed by atoms with E-state index in [0.29, 0.717) is 32.0 Å². The zero-order valence-corrected chi connectivity index (χ0v) is 16.5. The lowest BCUT2D eigenvalue weighted by Gasteiger charge is -2.56. The van der Waals surface area contributed by atoms with Crippen molar-refractivity contribution >= 4 is 23.4 Å². The van der Waals surface area contributed by atoms with Crippen molar-refractivity contribution in [3.05, 3.63) is 0 Å². The zero-order valence-electron chi connectivity index (χ0n) is 16.5. The van der Waals surface area contributed by atoms with Crippen LogP contribution < -0.4 is 10.7 Å². The second-order valence-corrected chi connectivity index (χ2v) is 9.12. The summed E-state index contributed by atoms with van der Waals surface area (Å²) >= 11 is 0. The third-order valence-corrected chi connectivity index (χ3v) is 6.70. The Morgan fingerprint density at radius 2 is 1.61 bits per heavy atom. The van der Waals surface area contributed by atoms with E-state index >= 15 is 0 Å². The van der Waals surface area contributed by atoms with Crippen LogP contribution in [-0.2, 0) is 19.1 Å². The quantitative estimate of drug-likeness (QED) is 0.421. The molecule has 0 aromatic rings. The normalized spacial score (nSPS) is 34.2. The summed E-state index contributed by atoms with van der Waals surface area (Å²) < 4.78 is 5.17. The maximum atomic E-state index is 12.6. The van der Waals surface area contributed by atoms with Gasteiger partial charge < -0.3 is 15.0 Å². The number of amides is 3. The molecule has 5 fully saturated rings. The van der Waals surface area contributed by atoms with Crippen molar-refractivity contribution < 1.29 is 19.1 Å². The van der Waals surface area contributed by atoms with Gasteiger partial charge in [0.1, 0.15) is 0 Å². The first-order valence-electron chi connectivity index (χ1n) is 10.4. The Morgan fingerprint density at radius 1 is 1.04 bits per heavy atom. The smallest absolute Gasteiger partial charge is 0.329 e. The van der Waals surface area contributed by atoms with Crippen LogP contribution in [0, 0.1) is 17.8 Å². The molecule has 0 radical (unpaired) electrons. The van der Waals surface area contributed by atoms with Crippen LogP contribution in [0.25, 0.3) is 0 Å². The molecule has 0 atom stereocenters. The van der Waals surface area contributed by atoms with Crippen LogP contribution in [0.1, 0.15) is 51.9 Å². The highest BCUT2D eigenvalue weighted by Crippen LogP contribution is 2.55. The molecule has 0 aromatic carbocycles. The van der Waals surface area contributed by atoms with E-state index < -0.39 is 11.8 Å². The fraction of sp³-hybridized carbons (Fsp3) is 0.800. The Kier molecular flexibility index (Phi) is 5.40. The van der Waals surface area contributed by atoms with Crippen molar-refractivity contribution in [2.75, 3.05) is 26.3 Å². The van der Waals surface area contributed by atoms with E-state index in [1.807, 2.05) is 0 Å². The van der Waals surface area contributed by atoms with Gasteiger partial charge in [-0.15, -0.1) is 0 Å². The van der Waals surface area contributed by atoms with Crippen LogP contribution in [0.4, 0.5) is 0 Å². The number of rotatable bonds is 4. The van der Waals surface area contributed by atoms with Gasteiger partial charge in [-0.25, -0.2) is 5.43 Å². The minimum Gasteiger partial charge on any atom is -0.378 e. The lowest BCUT2D eigenvalue weighted by molar-refractivity contribution is -0.148. The maximum absolute atomic E-state index is 12.6. The molecule has 1 saturated heterocycles. The largest absolute Gasteiger partial charge is 0.378 e. The summed E-state index contributed by atoms with van der Waals surface area (Å²) in [5.41, 5.74) is 2.75. The van der Waals surface area contributed by atoms with Gasteiger partial charge in [0.05, 0.1) is 19.6 Å². The van der Waals surface area contributed by atoms with Gasteiger partial charge in [0.25, 0.3) is 0 Å². The molecule has 5 aliphatic rings. The van der Waals surface area contributed by atoms with Gasteiger partial charge in [0.2, 0.25) is 5.91 Å². The molecule has 0 unspecified atom stereocenters. The molecule has 3 amide bonds. The minimum absolute atomic E-state index is 0.0261. The first-order valence-corrected chi connectivity index (χ1v) is 10.4. The maximum Gasteiger partial charge on any atom is 0.329 e. The van der Waals surface area contributed by atoms with Gasteiger partial charge in [-0.05, 0) is 63.2 Å². The molecule has 2 N–H and O–H groups in total. The molecule has 5 rings (SSSR count). The highest BCUT2D eigenvalue weighted by molar-refractivity contribution is 6.35. The number of hydrogen-bond acceptors (Lipinski definition) is 5. The SMILES string of the molecule is C/C(CC(=O)NC12CC3CC(CC(C3)C1)C2)=N\NC(=O)C(=O)N1CCOCC1. The average molecular weight is 390 g/mol. The molecule has 1 heterocycles. The highest BCUT2D eigenvalue weighted by atomic mass is 16.5. The fourth-order valence-electron chi connectivity index (χ4n) is 5.98. The number of hydrazone groups is 1. The van der Waals surface area contributed by atoms with E-state index in [1.54, 1.807) is 6.92 Å². The van der Waals surface area contributed by atoms with Gasteiger partial charge >= 0.3 is 11.8 Å². The van der Waals surface area contributed by atoms with E-state index in [4.69, 9.17) is 4.74 Å². The molecule has 4 aliphatic carbocycles. The molecular formula is C20H30N4O4. The monoisotopic (exact) mass is 390 g/mol. The van der Waals surface area contributed by atoms with E-state index in [-0.39, 0.29) is 17.9 Å². The first-order chi connectivity index (χ1) is 13.4. The molecule has 8 nitrogen and oxygen atoms in total. The lowest BCUT2D eigenvalue weighted by Crippen LogP contribution is -2.60. The Bertz CT molecular complexity index is 648. The van der Waals surface area contributed by atoms with E-state index in [9.17, 15) is 14.4 Å². The van der Waals surface area contributed by atoms with Crippen LogP contribution in [0.15, 0.2) is 5.10 Å². The van der Waals surface area contributed by atoms with Crippen LogP contribution in [0.2, 0.25) is 0 Å². The molecule has 154 valence electrons. The Morgan fingerprint density at radius 3 is 2.18 bits per heavy atom. The molecule has 28 heavy (non-hydrogen) atoms. The van der Waals surface area contributed by atoms with E-state index in [2.05, 4.69) is 15.8 Å². The predicted molar refractivity (Wildman–Crippen MR) is 102 cm³/mol. The number of morpholine rings is 1. The van der Waals surface area contributed by atoms with Crippen LogP contribution >= 0.6 is 0 Å². The van der Waals surface area contributed by atoms with Crippen molar-refractivity contribution in [3.63, 3.8) is 0 Å². The van der Waals surface area contributed by atoms with Crippen molar-refractivity contribution in [2.24, 2.45) is 22.9 Å². The molecular weight excluding hydrogens is 360 g/mol. The number of nitrogens with zero attached hydrogens (tertiary/aromatic N) is 2. The van der Waals surface area contributed by atoms with Gasteiger partial charge in [-0.1, -0.05) is 0 Å². The summed E-state index contributed by atoms with van der Waals surface area (Å²) in [4.78, 5) is 38.1. The van der Waals surface area contributed by atoms with E-state index in [1.165, 1.54) is 24.2 Å². The Balaban J connectivity index is 1.26. The van der Waals surface area contributed by atoms with Crippen molar-refractivity contribution in [3.8, 4) is 0 Å². The summed E-state index contributed by atoms with van der Waals surface area (Å²) in [6.45, 7) is 3.38. The predicted octanol–water partition coefficient (Wildman–Crippen LogP) is 0.812. The van der Waals surface area contributed by atoms with Gasteiger partial charge in [-0.2, -0.15) is 5.10 Å². The summed E-state index contributed by atoms with van der Waals surface area (Å²) in [5, 5.41) is 7.25. The average Bonchev–Trinajstić information content (AvgIpc) is 2.64. The summed E-state index contributed by atoms with van der Waals surface area (Å²) in [6.07, 6.45) is 7.44. The molecule has 8 heteroatoms.